The van der Waals surface area contributed by atoms with E-state index in [1.807, 2.05) is 30.3 Å². The number of carbonyl (C=O) groups excluding carboxylic acids is 14. The maximum absolute atomic E-state index is 14.2. The molecule has 0 aliphatic carbocycles. The summed E-state index contributed by atoms with van der Waals surface area (Å²) < 4.78 is 151. The minimum Gasteiger partial charge on any atom is -0.463 e. The molecule has 2 aromatic carbocycles. The van der Waals surface area contributed by atoms with Crippen LogP contribution in [0.25, 0.3) is 10.4 Å². The highest BCUT2D eigenvalue weighted by Crippen LogP contribution is 2.44. The minimum atomic E-state index is -2.31. The molecular weight excluding hydrogens is 1830 g/mol. The molecule has 6 fully saturated rings. The van der Waals surface area contributed by atoms with Crippen LogP contribution in [0.5, 0.6) is 0 Å². The van der Waals surface area contributed by atoms with Crippen LogP contribution >= 0.6 is 11.8 Å². The van der Waals surface area contributed by atoms with Gasteiger partial charge in [-0.2, -0.15) is 0 Å². The SMILES string of the molecule is CCS[C@@H]1OC(COC(C)=O)C(O)[C@H](O[C@@H]2OC(COC(C)=O)C(O[C@@H]3OC(COC(C)=O)C(OC(C)=O)[C@H](OC(C)=O)C3OC3OC(C)[C@H](OC(C)=O)C(OC(C)=O)[C@@H]3OC(C)=O)[C@H](O[C@@H]3OC(C)C(OC(C)=O)[C@H](OC(C)=O)C3OC(C)=O)C2NC(C)=O)C1OC(=O)c1ccccc1.C[C@H](C(=O)OCc1ccccc1)[C@@H](C)O[C@H]1OC(CO[Si](C)(C)C(C)(C)C)C(O)[C@H](O)C1N=[N+]=[N-]. The maximum atomic E-state index is 14.2. The van der Waals surface area contributed by atoms with Gasteiger partial charge in [0.25, 0.3) is 0 Å². The second-order valence-electron chi connectivity index (χ2n) is 33.9. The first-order chi connectivity index (χ1) is 63.3. The van der Waals surface area contributed by atoms with Gasteiger partial charge in [0.1, 0.15) is 98.9 Å². The Morgan fingerprint density at radius 3 is 1.30 bits per heavy atom. The predicted molar refractivity (Wildman–Crippen MR) is 459 cm³/mol. The zero-order valence-electron chi connectivity index (χ0n) is 79.0. The first-order valence-corrected chi connectivity index (χ1v) is 47.4. The van der Waals surface area contributed by atoms with Gasteiger partial charge in [0.2, 0.25) is 5.91 Å². The zero-order valence-corrected chi connectivity index (χ0v) is 80.8. The van der Waals surface area contributed by atoms with Crippen molar-refractivity contribution in [2.24, 2.45) is 11.0 Å². The smallest absolute Gasteiger partial charge is 0.338 e. The number of esters is 13. The van der Waals surface area contributed by atoms with Crippen molar-refractivity contribution in [1.29, 1.82) is 0 Å². The average molecular weight is 1960 g/mol. The van der Waals surface area contributed by atoms with E-state index in [4.69, 9.17) is 124 Å². The number of amides is 1. The van der Waals surface area contributed by atoms with Gasteiger partial charge in [-0.15, -0.1) is 11.8 Å². The van der Waals surface area contributed by atoms with E-state index >= 15 is 0 Å². The van der Waals surface area contributed by atoms with Gasteiger partial charge in [-0.05, 0) is 74.8 Å². The molecule has 6 heterocycles. The summed E-state index contributed by atoms with van der Waals surface area (Å²) in [5.41, 5.74) is 8.59. The van der Waals surface area contributed by atoms with Crippen LogP contribution in [0.4, 0.5) is 0 Å². The highest BCUT2D eigenvalue weighted by Gasteiger charge is 2.63. The molecule has 0 radical (unpaired) electrons. The lowest BCUT2D eigenvalue weighted by atomic mass is 9.93. The lowest BCUT2D eigenvalue weighted by Gasteiger charge is -2.53. The highest BCUT2D eigenvalue weighted by atomic mass is 32.2. The van der Waals surface area contributed by atoms with E-state index < -0.39 is 307 Å². The highest BCUT2D eigenvalue weighted by molar-refractivity contribution is 7.99. The fourth-order valence-corrected chi connectivity index (χ4v) is 16.7. The van der Waals surface area contributed by atoms with Gasteiger partial charge in [0, 0.05) is 88.0 Å². The molecule has 0 spiro atoms. The number of azide groups is 1. The van der Waals surface area contributed by atoms with Crippen LogP contribution in [0, 0.1) is 5.92 Å². The third-order valence-electron chi connectivity index (χ3n) is 22.1. The average Bonchev–Trinajstić information content (AvgIpc) is 0.747. The van der Waals surface area contributed by atoms with Crippen molar-refractivity contribution in [3.8, 4) is 0 Å². The van der Waals surface area contributed by atoms with Crippen molar-refractivity contribution in [3.63, 3.8) is 0 Å². The van der Waals surface area contributed by atoms with E-state index in [1.165, 1.54) is 26.0 Å². The molecule has 0 bridgehead atoms. The van der Waals surface area contributed by atoms with Crippen LogP contribution in [-0.4, -0.2) is 329 Å². The number of rotatable bonds is 37. The Kier molecular flexibility index (Phi) is 43.0. The molecule has 6 aliphatic heterocycles. The molecule has 46 nitrogen and oxygen atoms in total. The quantitative estimate of drug-likeness (QED) is 0.0185. The molecule has 8 rings (SSSR count). The van der Waals surface area contributed by atoms with Crippen molar-refractivity contribution in [2.75, 3.05) is 32.2 Å². The van der Waals surface area contributed by atoms with Crippen molar-refractivity contribution < 1.29 is 201 Å². The fourth-order valence-electron chi connectivity index (χ4n) is 14.8. The number of aliphatic hydroxyl groups excluding tert-OH is 3. The monoisotopic (exact) mass is 1960 g/mol. The third-order valence-corrected chi connectivity index (χ3v) is 27.7. The van der Waals surface area contributed by atoms with Crippen molar-refractivity contribution in [1.82, 2.24) is 5.32 Å². The summed E-state index contributed by atoms with van der Waals surface area (Å²) in [7, 11) is -2.15. The predicted octanol–water partition coefficient (Wildman–Crippen LogP) is 4.10. The Hall–Kier alpha value is -9.70. The van der Waals surface area contributed by atoms with E-state index in [9.17, 15) is 82.4 Å². The zero-order chi connectivity index (χ0) is 101. The van der Waals surface area contributed by atoms with Gasteiger partial charge in [0.15, 0.2) is 101 Å². The van der Waals surface area contributed by atoms with Crippen molar-refractivity contribution >= 4 is 104 Å². The summed E-state index contributed by atoms with van der Waals surface area (Å²) in [6.07, 6.45) is -48.7. The molecule has 0 saturated carbocycles. The molecule has 754 valence electrons. The van der Waals surface area contributed by atoms with Crippen LogP contribution in [0.2, 0.25) is 18.1 Å². The third kappa shape index (κ3) is 32.5. The number of carbonyl (C=O) groups is 14. The standard InChI is InChI=1S/C63H85NO35S.C24H39N3O7Si/c1-16-100-63-57(95-58(78)39-20-18-17-19-21-39)50(44(77)40(94-63)22-79-28(5)66)98-59-43(64-27(4)65)49(97-60-54(90-37(14)75)51(87-34(11)72)45(25(2)82-60)84-31(8)69)47(41(92-59)23-80-29(6)67)96-62-56(53(89-36(13)74)48(86-33(10)71)42(93-62)24-81-30(7)68)99-61-55(91-38(15)76)52(88-35(12)73)46(26(3)83-61)85-32(9)70;1-15(22(30)31-13-17-11-9-8-10-12-17)16(2)33-23-19(26-27-25)21(29)20(28)18(34-23)14-32-35(6,7)24(3,4)5/h17-21,25-26,40-57,59-63,77H,16,22-24H2,1-15H3,(H,64,65);8-12,15-16,18-21,23,28-29H,13-14H2,1-7H3/t25?,26?,40?,41?,42?,43?,44?,45?,46-,47?,48?,49+,50-,51-,52?,53-,54?,55-,56?,57?,59-,60-,61?,62-,63-;15-,16+,18?,19?,20?,21+,23-/m00/s1. The van der Waals surface area contributed by atoms with Gasteiger partial charge in [-0.25, -0.2) is 4.79 Å². The molecule has 32 atom stereocenters. The molecule has 2 aromatic rings. The summed E-state index contributed by atoms with van der Waals surface area (Å²) in [4.78, 5) is 186. The molecule has 6 aliphatic rings. The van der Waals surface area contributed by atoms with Crippen LogP contribution < -0.4 is 5.32 Å². The first kappa shape index (κ1) is 112. The molecular formula is C87H124N4O42SSi. The lowest BCUT2D eigenvalue weighted by molar-refractivity contribution is -0.396. The van der Waals surface area contributed by atoms with Crippen molar-refractivity contribution in [2.45, 2.75) is 353 Å². The Bertz CT molecular complexity index is 4390. The Morgan fingerprint density at radius 1 is 0.444 bits per heavy atom. The van der Waals surface area contributed by atoms with E-state index in [-0.39, 0.29) is 29.6 Å². The van der Waals surface area contributed by atoms with Crippen LogP contribution in [-0.2, 0) is 187 Å². The number of ether oxygens (including phenoxy) is 24. The summed E-state index contributed by atoms with van der Waals surface area (Å²) >= 11 is 1.06. The molecule has 0 aromatic heterocycles. The number of nitrogens with one attached hydrogen (secondary N) is 1. The maximum Gasteiger partial charge on any atom is 0.338 e. The second-order valence-corrected chi connectivity index (χ2v) is 40.1. The number of thioether (sulfide) groups is 1. The van der Waals surface area contributed by atoms with Crippen LogP contribution in [0.15, 0.2) is 65.8 Å². The van der Waals surface area contributed by atoms with Crippen molar-refractivity contribution in [3.05, 3.63) is 82.2 Å². The summed E-state index contributed by atoms with van der Waals surface area (Å²) in [6, 6.07) is 13.7. The van der Waals surface area contributed by atoms with E-state index in [1.54, 1.807) is 39.0 Å². The summed E-state index contributed by atoms with van der Waals surface area (Å²) in [5.74, 6) is -13.7. The molecule has 6 saturated heterocycles. The molecule has 135 heavy (non-hydrogen) atoms. The molecule has 4 N–H and O–H groups in total. The number of benzene rings is 2. The van der Waals surface area contributed by atoms with Gasteiger partial charge >= 0.3 is 77.6 Å². The van der Waals surface area contributed by atoms with Gasteiger partial charge < -0.3 is 139 Å². The van der Waals surface area contributed by atoms with Gasteiger partial charge in [-0.1, -0.05) is 81.3 Å². The second kappa shape index (κ2) is 51.6. The van der Waals surface area contributed by atoms with Gasteiger partial charge in [-0.3, -0.25) is 62.3 Å². The summed E-state index contributed by atoms with van der Waals surface area (Å²) in [5, 5.41) is 40.0. The summed E-state index contributed by atoms with van der Waals surface area (Å²) in [6.45, 7) is 27.7. The Morgan fingerprint density at radius 2 is 0.844 bits per heavy atom. The van der Waals surface area contributed by atoms with E-state index in [2.05, 4.69) is 49.2 Å². The number of hydrogen-bond donors (Lipinski definition) is 4. The van der Waals surface area contributed by atoms with Crippen LogP contribution in [0.3, 0.4) is 0 Å². The number of aliphatic hydroxyl groups is 3. The van der Waals surface area contributed by atoms with Gasteiger partial charge in [0.05, 0.1) is 42.5 Å². The Balaban J connectivity index is 0.000000592. The molecule has 1 amide bonds. The Labute approximate surface area is 784 Å². The number of nitrogens with zero attached hydrogens (tertiary/aromatic N) is 3. The first-order valence-electron chi connectivity index (χ1n) is 43.4. The minimum absolute atomic E-state index is 0.0179. The largest absolute Gasteiger partial charge is 0.463 e. The van der Waals surface area contributed by atoms with E-state index in [0.29, 0.717) is 0 Å². The number of hydrogen-bond acceptors (Lipinski definition) is 44. The molecule has 18 unspecified atom stereocenters. The normalized spacial score (nSPS) is 32.2. The van der Waals surface area contributed by atoms with E-state index in [0.717, 1.165) is 100 Å². The topological polar surface area (TPSA) is 591 Å². The fraction of sp³-hybridized carbons (Fsp3) is 0.701. The lowest BCUT2D eigenvalue weighted by Crippen LogP contribution is -2.72. The molecule has 48 heteroatoms. The van der Waals surface area contributed by atoms with Crippen LogP contribution in [0.1, 0.15) is 154 Å².